The summed E-state index contributed by atoms with van der Waals surface area (Å²) < 4.78 is 114. The number of halogens is 6. The number of anilines is 1. The quantitative estimate of drug-likeness (QED) is 0.205. The summed E-state index contributed by atoms with van der Waals surface area (Å²) in [5.74, 6) is -5.93. The molecule has 1 fully saturated rings. The molecule has 2 aromatic carbocycles. The highest BCUT2D eigenvalue weighted by molar-refractivity contribution is 7.89. The summed E-state index contributed by atoms with van der Waals surface area (Å²) >= 11 is 0. The number of nitrogens with one attached hydrogen (secondary N) is 1. The van der Waals surface area contributed by atoms with Gasteiger partial charge in [0.15, 0.2) is 0 Å². The first-order valence-electron chi connectivity index (χ1n) is 13.9. The van der Waals surface area contributed by atoms with Crippen molar-refractivity contribution in [3.8, 4) is 0 Å². The number of ether oxygens (including phenoxy) is 1. The maximum Gasteiger partial charge on any atom is 0.491 e. The molecule has 0 saturated carbocycles. The lowest BCUT2D eigenvalue weighted by Crippen LogP contribution is -2.60. The van der Waals surface area contributed by atoms with Crippen LogP contribution in [0.15, 0.2) is 57.8 Å². The summed E-state index contributed by atoms with van der Waals surface area (Å²) in [7, 11) is -4.56. The first-order valence-corrected chi connectivity index (χ1v) is 15.3. The lowest BCUT2D eigenvalue weighted by molar-refractivity contribution is -0.193. The number of aryl methyl sites for hydroxylation is 1. The second kappa shape index (κ2) is 13.3. The van der Waals surface area contributed by atoms with Gasteiger partial charge in [-0.2, -0.15) is 35.6 Å². The molecular weight excluding hydrogens is 662 g/mol. The van der Waals surface area contributed by atoms with Crippen LogP contribution in [-0.2, 0) is 37.1 Å². The number of esters is 2. The Hall–Kier alpha value is -4.45. The molecule has 0 unspecified atom stereocenters. The van der Waals surface area contributed by atoms with Gasteiger partial charge in [-0.15, -0.1) is 0 Å². The molecule has 18 heteroatoms. The molecule has 0 aliphatic carbocycles. The first-order chi connectivity index (χ1) is 21.8. The summed E-state index contributed by atoms with van der Waals surface area (Å²) in [6, 6.07) is 8.12. The number of piperazine rings is 1. The number of rotatable bonds is 8. The summed E-state index contributed by atoms with van der Waals surface area (Å²) in [4.78, 5) is 41.5. The number of carbonyl (C=O) groups excluding carboxylic acids is 3. The van der Waals surface area contributed by atoms with Crippen LogP contribution in [0.2, 0.25) is 0 Å². The molecule has 1 aliphatic heterocycles. The molecule has 11 nitrogen and oxygen atoms in total. The highest BCUT2D eigenvalue weighted by Gasteiger charge is 2.44. The molecule has 1 aromatic heterocycles. The molecule has 4 rings (SSSR count). The molecule has 2 heterocycles. The Labute approximate surface area is 264 Å². The molecule has 0 bridgehead atoms. The van der Waals surface area contributed by atoms with E-state index in [0.29, 0.717) is 17.7 Å². The van der Waals surface area contributed by atoms with Gasteiger partial charge < -0.3 is 19.4 Å². The van der Waals surface area contributed by atoms with Gasteiger partial charge in [0.25, 0.3) is 6.01 Å². The molecule has 1 amide bonds. The molecule has 1 aliphatic rings. The van der Waals surface area contributed by atoms with Crippen molar-refractivity contribution in [2.24, 2.45) is 0 Å². The van der Waals surface area contributed by atoms with Crippen molar-refractivity contribution in [2.75, 3.05) is 24.5 Å². The van der Waals surface area contributed by atoms with Crippen molar-refractivity contribution < 1.29 is 58.3 Å². The van der Waals surface area contributed by atoms with Gasteiger partial charge in [0, 0.05) is 26.2 Å². The number of aromatic nitrogens is 1. The third kappa shape index (κ3) is 8.10. The smallest absolute Gasteiger partial charge is 0.416 e. The van der Waals surface area contributed by atoms with Gasteiger partial charge in [0.2, 0.25) is 21.7 Å². The van der Waals surface area contributed by atoms with E-state index in [0.717, 1.165) is 22.0 Å². The second-order valence-corrected chi connectivity index (χ2v) is 12.7. The van der Waals surface area contributed by atoms with Gasteiger partial charge >= 0.3 is 24.3 Å². The number of carbonyl (C=O) groups is 3. The van der Waals surface area contributed by atoms with Crippen LogP contribution in [0.1, 0.15) is 52.7 Å². The van der Waals surface area contributed by atoms with Crippen molar-refractivity contribution in [3.63, 3.8) is 0 Å². The fourth-order valence-electron chi connectivity index (χ4n) is 4.62. The minimum atomic E-state index is -5.46. The minimum Gasteiger partial charge on any atom is -0.416 e. The molecule has 254 valence electrons. The van der Waals surface area contributed by atoms with Gasteiger partial charge in [-0.05, 0) is 48.2 Å². The average Bonchev–Trinajstić information content (AvgIpc) is 3.40. The fourth-order valence-corrected chi connectivity index (χ4v) is 6.19. The predicted octanol–water partition coefficient (Wildman–Crippen LogP) is 4.57. The third-order valence-electron chi connectivity index (χ3n) is 7.19. The summed E-state index contributed by atoms with van der Waals surface area (Å²) in [5.41, 5.74) is 0.395. The fraction of sp³-hybridized carbons (Fsp3) is 0.379. The molecule has 47 heavy (non-hydrogen) atoms. The maximum absolute atomic E-state index is 13.6. The third-order valence-corrected chi connectivity index (χ3v) is 9.12. The molecule has 3 aromatic rings. The number of alkyl halides is 6. The zero-order chi connectivity index (χ0) is 34.9. The number of hydrogen-bond acceptors (Lipinski definition) is 9. The Morgan fingerprint density at radius 2 is 1.62 bits per heavy atom. The van der Waals surface area contributed by atoms with Gasteiger partial charge in [0.1, 0.15) is 6.04 Å². The molecule has 1 saturated heterocycles. The molecule has 0 spiro atoms. The molecule has 0 radical (unpaired) electrons. The van der Waals surface area contributed by atoms with Crippen LogP contribution in [0.5, 0.6) is 0 Å². The van der Waals surface area contributed by atoms with Crippen LogP contribution >= 0.6 is 0 Å². The first kappa shape index (κ1) is 35.4. The Balaban J connectivity index is 1.61. The second-order valence-electron chi connectivity index (χ2n) is 10.8. The van der Waals surface area contributed by atoms with Crippen LogP contribution in [0.25, 0.3) is 0 Å². The standard InChI is InChI=1S/C29H28F6N4O7S/c1-16(2)19-6-4-18(5-7-19)14-36-24(40)22-15-38(27-37-17(3)23(45-27)25(41)46-26(42)29(33,34)35)12-13-39(22)47(43,44)21-10-8-20(9-11-21)28(30,31)32/h4-11,16,22H,12-15H2,1-3H3,(H,36,40)/t22-/m1/s1. The lowest BCUT2D eigenvalue weighted by Gasteiger charge is -2.39. The van der Waals surface area contributed by atoms with Crippen molar-refractivity contribution in [2.45, 2.75) is 56.5 Å². The molecular formula is C29H28F6N4O7S. The van der Waals surface area contributed by atoms with Gasteiger partial charge in [-0.1, -0.05) is 38.1 Å². The number of sulfonamides is 1. The van der Waals surface area contributed by atoms with E-state index in [2.05, 4.69) is 15.0 Å². The van der Waals surface area contributed by atoms with Crippen LogP contribution < -0.4 is 10.2 Å². The summed E-state index contributed by atoms with van der Waals surface area (Å²) in [6.07, 6.45) is -10.2. The van der Waals surface area contributed by atoms with Gasteiger partial charge in [0.05, 0.1) is 16.2 Å². The average molecular weight is 691 g/mol. The van der Waals surface area contributed by atoms with Crippen LogP contribution in [-0.4, -0.2) is 67.4 Å². The van der Waals surface area contributed by atoms with Crippen LogP contribution in [0, 0.1) is 6.92 Å². The summed E-state index contributed by atoms with van der Waals surface area (Å²) in [6.45, 7) is 4.08. The van der Waals surface area contributed by atoms with Crippen molar-refractivity contribution in [1.82, 2.24) is 14.6 Å². The van der Waals surface area contributed by atoms with E-state index in [1.807, 2.05) is 26.0 Å². The number of amides is 1. The lowest BCUT2D eigenvalue weighted by atomic mass is 10.0. The van der Waals surface area contributed by atoms with E-state index in [9.17, 15) is 49.1 Å². The summed E-state index contributed by atoms with van der Waals surface area (Å²) in [5, 5.41) is 2.65. The Bertz CT molecular complexity index is 1740. The number of hydrogen-bond donors (Lipinski definition) is 1. The monoisotopic (exact) mass is 690 g/mol. The minimum absolute atomic E-state index is 0.0107. The van der Waals surface area contributed by atoms with E-state index in [-0.39, 0.29) is 30.7 Å². The van der Waals surface area contributed by atoms with Crippen LogP contribution in [0.4, 0.5) is 32.4 Å². The van der Waals surface area contributed by atoms with Crippen molar-refractivity contribution in [3.05, 3.63) is 76.7 Å². The van der Waals surface area contributed by atoms with Gasteiger partial charge in [-0.3, -0.25) is 4.79 Å². The Morgan fingerprint density at radius 1 is 1.00 bits per heavy atom. The largest absolute Gasteiger partial charge is 0.491 e. The normalized spacial score (nSPS) is 16.3. The van der Waals surface area contributed by atoms with E-state index in [1.165, 1.54) is 11.8 Å². The zero-order valence-electron chi connectivity index (χ0n) is 25.0. The van der Waals surface area contributed by atoms with E-state index in [4.69, 9.17) is 4.42 Å². The number of benzene rings is 2. The molecule has 1 N–H and O–H groups in total. The van der Waals surface area contributed by atoms with Crippen LogP contribution in [0.3, 0.4) is 0 Å². The molecule has 1 atom stereocenters. The van der Waals surface area contributed by atoms with Crippen molar-refractivity contribution >= 4 is 33.9 Å². The number of nitrogens with zero attached hydrogens (tertiary/aromatic N) is 3. The zero-order valence-corrected chi connectivity index (χ0v) is 25.8. The SMILES string of the molecule is Cc1nc(N2CCN(S(=O)(=O)c3ccc(C(F)(F)F)cc3)[C@@H](C(=O)NCc3ccc(C(C)C)cc3)C2)oc1C(=O)OC(=O)C(F)(F)F. The highest BCUT2D eigenvalue weighted by atomic mass is 32.2. The topological polar surface area (TPSA) is 139 Å². The highest BCUT2D eigenvalue weighted by Crippen LogP contribution is 2.32. The number of oxazole rings is 1. The predicted molar refractivity (Wildman–Crippen MR) is 151 cm³/mol. The van der Waals surface area contributed by atoms with E-state index < -0.39 is 75.6 Å². The van der Waals surface area contributed by atoms with E-state index in [1.54, 1.807) is 12.1 Å². The Kier molecular flexibility index (Phi) is 10.1. The Morgan fingerprint density at radius 3 is 2.17 bits per heavy atom. The van der Waals surface area contributed by atoms with Gasteiger partial charge in [-0.25, -0.2) is 18.0 Å². The maximum atomic E-state index is 13.6. The van der Waals surface area contributed by atoms with Crippen molar-refractivity contribution in [1.29, 1.82) is 0 Å². The van der Waals surface area contributed by atoms with E-state index >= 15 is 0 Å².